The van der Waals surface area contributed by atoms with Crippen LogP contribution in [0.25, 0.3) is 0 Å². The zero-order valence-electron chi connectivity index (χ0n) is 23.2. The summed E-state index contributed by atoms with van der Waals surface area (Å²) >= 11 is 0. The number of allylic oxidation sites excluding steroid dienone is 2. The molecule has 0 aromatic carbocycles. The minimum Gasteiger partial charge on any atom is -0.590 e. The van der Waals surface area contributed by atoms with E-state index in [4.69, 9.17) is 0 Å². The zero-order valence-corrected chi connectivity index (χ0v) is 24.1. The summed E-state index contributed by atoms with van der Waals surface area (Å²) < 4.78 is 12.4. The first-order valence-corrected chi connectivity index (χ1v) is 15.6. The molecule has 196 valence electrons. The van der Waals surface area contributed by atoms with Crippen LogP contribution in [-0.4, -0.2) is 30.9 Å². The highest BCUT2D eigenvalue weighted by Crippen LogP contribution is 2.44. The van der Waals surface area contributed by atoms with Gasteiger partial charge in [-0.15, -0.1) is 0 Å². The Hall–Kier alpha value is -0.240. The molecule has 4 heteroatoms. The van der Waals surface area contributed by atoms with Crippen molar-refractivity contribution >= 4 is 8.03 Å². The Morgan fingerprint density at radius 2 is 1.00 bits per heavy atom. The molecule has 0 aromatic heterocycles. The number of nitrogens with zero attached hydrogens (tertiary/aromatic N) is 1. The van der Waals surface area contributed by atoms with Crippen LogP contribution in [-0.2, 0) is 4.57 Å². The van der Waals surface area contributed by atoms with Crippen molar-refractivity contribution in [1.82, 2.24) is 0 Å². The molecule has 0 spiro atoms. The predicted octanol–water partition coefficient (Wildman–Crippen LogP) is 9.28. The van der Waals surface area contributed by atoms with E-state index in [1.165, 1.54) is 109 Å². The summed E-state index contributed by atoms with van der Waals surface area (Å²) in [7, 11) is 3.57. The van der Waals surface area contributed by atoms with Gasteiger partial charge in [-0.2, -0.15) is 0 Å². The number of rotatable bonds is 24. The summed E-state index contributed by atoms with van der Waals surface area (Å²) in [6.07, 6.45) is 31.7. The molecule has 0 heterocycles. The van der Waals surface area contributed by atoms with Crippen LogP contribution < -0.4 is 4.89 Å². The summed E-state index contributed by atoms with van der Waals surface area (Å²) in [5, 5.41) is -0.628. The molecule has 0 radical (unpaired) electrons. The third kappa shape index (κ3) is 16.1. The smallest absolute Gasteiger partial charge is 0.376 e. The van der Waals surface area contributed by atoms with Gasteiger partial charge in [-0.1, -0.05) is 127 Å². The van der Waals surface area contributed by atoms with Crippen molar-refractivity contribution in [2.24, 2.45) is 0 Å². The van der Waals surface area contributed by atoms with Crippen LogP contribution in [0.4, 0.5) is 0 Å². The second-order valence-electron chi connectivity index (χ2n) is 11.1. The van der Waals surface area contributed by atoms with E-state index < -0.39 is 13.3 Å². The highest BCUT2D eigenvalue weighted by atomic mass is 31.1. The normalized spacial score (nSPS) is 14.7. The first-order valence-electron chi connectivity index (χ1n) is 14.4. The minimum atomic E-state index is -2.44. The molecular weight excluding hydrogens is 425 g/mol. The van der Waals surface area contributed by atoms with E-state index in [9.17, 15) is 9.46 Å². The Morgan fingerprint density at radius 1 is 0.636 bits per heavy atom. The van der Waals surface area contributed by atoms with Crippen molar-refractivity contribution in [2.75, 3.05) is 21.1 Å². The Kier molecular flexibility index (Phi) is 20.9. The zero-order chi connectivity index (χ0) is 24.8. The quantitative estimate of drug-likeness (QED) is 0.0592. The van der Waals surface area contributed by atoms with Gasteiger partial charge in [0.15, 0.2) is 0 Å². The third-order valence-corrected chi connectivity index (χ3v) is 9.31. The van der Waals surface area contributed by atoms with Gasteiger partial charge in [0.1, 0.15) is 0 Å². The fourth-order valence-corrected chi connectivity index (χ4v) is 6.09. The third-order valence-electron chi connectivity index (χ3n) is 7.49. The maximum Gasteiger partial charge on any atom is 0.376 e. The van der Waals surface area contributed by atoms with Crippen molar-refractivity contribution in [3.05, 3.63) is 12.2 Å². The molecule has 0 N–H and O–H groups in total. The molecule has 2 unspecified atom stereocenters. The molecule has 0 aliphatic heterocycles. The van der Waals surface area contributed by atoms with Crippen molar-refractivity contribution < 1.29 is 13.9 Å². The maximum atomic E-state index is 11.9. The molecule has 0 saturated heterocycles. The molecule has 33 heavy (non-hydrogen) atoms. The van der Waals surface area contributed by atoms with E-state index in [1.54, 1.807) is 0 Å². The Balaban J connectivity index is 3.51. The predicted molar refractivity (Wildman–Crippen MR) is 146 cm³/mol. The monoisotopic (exact) mass is 484 g/mol. The summed E-state index contributed by atoms with van der Waals surface area (Å²) in [5.41, 5.74) is 0. The van der Waals surface area contributed by atoms with E-state index in [2.05, 4.69) is 19.1 Å². The topological polar surface area (TPSA) is 40.1 Å². The van der Waals surface area contributed by atoms with Gasteiger partial charge in [0.2, 0.25) is 0 Å². The lowest BCUT2D eigenvalue weighted by Gasteiger charge is -2.39. The van der Waals surface area contributed by atoms with E-state index >= 15 is 0 Å². The Morgan fingerprint density at radius 3 is 1.33 bits per heavy atom. The van der Waals surface area contributed by atoms with E-state index in [1.807, 2.05) is 28.1 Å². The molecule has 0 rings (SSSR count). The van der Waals surface area contributed by atoms with Crippen molar-refractivity contribution in [1.29, 1.82) is 0 Å². The second kappa shape index (κ2) is 21.1. The largest absolute Gasteiger partial charge is 0.590 e. The molecule has 2 atom stereocenters. The number of hydrogen-bond acceptors (Lipinski definition) is 2. The Bertz CT molecular complexity index is 487. The van der Waals surface area contributed by atoms with Gasteiger partial charge in [-0.25, -0.2) is 0 Å². The van der Waals surface area contributed by atoms with Gasteiger partial charge < -0.3 is 4.89 Å². The fourth-order valence-electron chi connectivity index (χ4n) is 5.00. The average molecular weight is 485 g/mol. The van der Waals surface area contributed by atoms with Gasteiger partial charge in [0.25, 0.3) is 5.28 Å². The van der Waals surface area contributed by atoms with Crippen LogP contribution in [0.3, 0.4) is 0 Å². The molecular formula is C29H59NO2P+. The highest BCUT2D eigenvalue weighted by Gasteiger charge is 2.52. The van der Waals surface area contributed by atoms with Gasteiger partial charge in [0.05, 0.1) is 21.1 Å². The molecule has 0 aliphatic rings. The maximum absolute atomic E-state index is 11.9. The molecule has 0 aromatic rings. The molecule has 0 aliphatic carbocycles. The lowest BCUT2D eigenvalue weighted by Crippen LogP contribution is -2.55. The van der Waals surface area contributed by atoms with Crippen molar-refractivity contribution in [3.8, 4) is 0 Å². The molecule has 0 fully saturated rings. The molecule has 0 bridgehead atoms. The highest BCUT2D eigenvalue weighted by molar-refractivity contribution is 7.38. The summed E-state index contributed by atoms with van der Waals surface area (Å²) in [6.45, 7) is 4.29. The van der Waals surface area contributed by atoms with E-state index in [0.717, 1.165) is 19.3 Å². The second-order valence-corrected chi connectivity index (χ2v) is 12.4. The summed E-state index contributed by atoms with van der Waals surface area (Å²) in [5.74, 6) is 0. The van der Waals surface area contributed by atoms with Crippen LogP contribution in [0.15, 0.2) is 12.2 Å². The van der Waals surface area contributed by atoms with Crippen LogP contribution in [0.5, 0.6) is 0 Å². The van der Waals surface area contributed by atoms with Gasteiger partial charge >= 0.3 is 8.03 Å². The van der Waals surface area contributed by atoms with Crippen molar-refractivity contribution in [2.45, 2.75) is 154 Å². The standard InChI is InChI=1S/C29H59NO2P/c1-6-8-9-10-11-12-13-14-15-16-17-18-19-20-21-22-23-24-25-26-27-28-29(7-2,33(31)32)30(3,4)5/h24-25H,6-23,26-28H2,1-5H3/q+1. The first-order chi connectivity index (χ1) is 15.8. The minimum absolute atomic E-state index is 0.491. The molecule has 0 saturated carbocycles. The summed E-state index contributed by atoms with van der Waals surface area (Å²) in [4.78, 5) is 11.9. The first kappa shape index (κ1) is 32.8. The lowest BCUT2D eigenvalue weighted by atomic mass is 10.0. The van der Waals surface area contributed by atoms with Gasteiger partial charge in [-0.05, 0) is 25.7 Å². The molecule has 0 amide bonds. The van der Waals surface area contributed by atoms with Crippen LogP contribution in [0, 0.1) is 0 Å². The van der Waals surface area contributed by atoms with Gasteiger partial charge in [0, 0.05) is 12.8 Å². The molecule has 3 nitrogen and oxygen atoms in total. The van der Waals surface area contributed by atoms with Crippen LogP contribution >= 0.6 is 8.03 Å². The number of quaternary nitrogens is 1. The van der Waals surface area contributed by atoms with E-state index in [0.29, 0.717) is 10.9 Å². The van der Waals surface area contributed by atoms with Crippen LogP contribution in [0.1, 0.15) is 149 Å². The van der Waals surface area contributed by atoms with Crippen LogP contribution in [0.2, 0.25) is 0 Å². The van der Waals surface area contributed by atoms with Crippen molar-refractivity contribution in [3.63, 3.8) is 0 Å². The Labute approximate surface area is 209 Å². The summed E-state index contributed by atoms with van der Waals surface area (Å²) in [6, 6.07) is 0. The SMILES string of the molecule is CCCCCCCCCCCCCCCCCCC=CCCCC(CC)([P+](=O)[O-])[N+](C)(C)C. The van der Waals surface area contributed by atoms with E-state index in [-0.39, 0.29) is 0 Å². The lowest BCUT2D eigenvalue weighted by molar-refractivity contribution is -0.910. The number of unbranched alkanes of at least 4 members (excludes halogenated alkanes) is 17. The fraction of sp³-hybridized carbons (Fsp3) is 0.931. The number of hydrogen-bond donors (Lipinski definition) is 0. The van der Waals surface area contributed by atoms with Gasteiger partial charge in [-0.3, -0.25) is 4.48 Å². The average Bonchev–Trinajstić information content (AvgIpc) is 2.76.